The summed E-state index contributed by atoms with van der Waals surface area (Å²) in [6.07, 6.45) is 9.34. The highest BCUT2D eigenvalue weighted by Gasteiger charge is 2.40. The van der Waals surface area contributed by atoms with Crippen molar-refractivity contribution in [2.75, 3.05) is 5.75 Å². The summed E-state index contributed by atoms with van der Waals surface area (Å²) in [4.78, 5) is 5.01. The van der Waals surface area contributed by atoms with E-state index in [-0.39, 0.29) is 0 Å². The fraction of sp³-hybridized carbons (Fsp3) is 0.938. The molecule has 108 valence electrons. The van der Waals surface area contributed by atoms with Gasteiger partial charge in [0.1, 0.15) is 0 Å². The number of aliphatic imine (C=N–C) groups is 1. The zero-order valence-electron chi connectivity index (χ0n) is 12.7. The van der Waals surface area contributed by atoms with Gasteiger partial charge in [0.2, 0.25) is 0 Å². The van der Waals surface area contributed by atoms with E-state index in [1.165, 1.54) is 55.9 Å². The fourth-order valence-electron chi connectivity index (χ4n) is 3.83. The minimum absolute atomic E-state index is 0.393. The second kappa shape index (κ2) is 4.98. The Labute approximate surface area is 122 Å². The summed E-state index contributed by atoms with van der Waals surface area (Å²) in [7, 11) is 0. The van der Waals surface area contributed by atoms with Crippen LogP contribution in [0.3, 0.4) is 0 Å². The summed E-state index contributed by atoms with van der Waals surface area (Å²) < 4.78 is 0. The predicted molar refractivity (Wildman–Crippen MR) is 84.8 cm³/mol. The second-order valence-corrected chi connectivity index (χ2v) is 8.84. The van der Waals surface area contributed by atoms with Crippen LogP contribution < -0.4 is 5.32 Å². The van der Waals surface area contributed by atoms with Crippen molar-refractivity contribution in [1.29, 1.82) is 0 Å². The Kier molecular flexibility index (Phi) is 3.61. The molecule has 3 aliphatic rings. The normalized spacial score (nSPS) is 43.8. The average Bonchev–Trinajstić information content (AvgIpc) is 2.89. The molecule has 0 aromatic carbocycles. The zero-order valence-corrected chi connectivity index (χ0v) is 13.5. The van der Waals surface area contributed by atoms with E-state index in [0.29, 0.717) is 17.0 Å². The summed E-state index contributed by atoms with van der Waals surface area (Å²) in [6.45, 7) is 7.16. The molecule has 1 unspecified atom stereocenters. The van der Waals surface area contributed by atoms with Crippen LogP contribution in [0.4, 0.5) is 0 Å². The fourth-order valence-corrected chi connectivity index (χ4v) is 5.12. The Morgan fingerprint density at radius 3 is 2.53 bits per heavy atom. The summed E-state index contributed by atoms with van der Waals surface area (Å²) in [5, 5.41) is 5.04. The smallest absolute Gasteiger partial charge is 0.157 e. The molecule has 1 atom stereocenters. The lowest BCUT2D eigenvalue weighted by atomic mass is 9.78. The van der Waals surface area contributed by atoms with Crippen LogP contribution >= 0.6 is 11.8 Å². The topological polar surface area (TPSA) is 24.4 Å². The molecule has 0 amide bonds. The standard InChI is InChI=1S/C16H28N2S/c1-12-4-8-16(9-5-12)11-19-14(18-16)17-13-6-7-15(2,3)10-13/h12-13H,4-11H2,1-3H3,(H,17,18). The number of thioether (sulfide) groups is 1. The van der Waals surface area contributed by atoms with Crippen molar-refractivity contribution < 1.29 is 0 Å². The van der Waals surface area contributed by atoms with Crippen molar-refractivity contribution in [3.63, 3.8) is 0 Å². The lowest BCUT2D eigenvalue weighted by Crippen LogP contribution is -2.46. The first kappa shape index (κ1) is 13.8. The molecule has 3 fully saturated rings. The van der Waals surface area contributed by atoms with E-state index in [4.69, 9.17) is 4.99 Å². The van der Waals surface area contributed by atoms with Crippen LogP contribution in [0.25, 0.3) is 0 Å². The maximum Gasteiger partial charge on any atom is 0.157 e. The molecular weight excluding hydrogens is 252 g/mol. The Morgan fingerprint density at radius 2 is 1.89 bits per heavy atom. The van der Waals surface area contributed by atoms with Crippen molar-refractivity contribution in [1.82, 2.24) is 5.32 Å². The van der Waals surface area contributed by atoms with E-state index in [0.717, 1.165) is 5.92 Å². The second-order valence-electron chi connectivity index (χ2n) is 7.87. The van der Waals surface area contributed by atoms with E-state index >= 15 is 0 Å². The Morgan fingerprint density at radius 1 is 1.16 bits per heavy atom. The van der Waals surface area contributed by atoms with E-state index < -0.39 is 0 Å². The Balaban J connectivity index is 1.60. The van der Waals surface area contributed by atoms with Crippen LogP contribution in [-0.4, -0.2) is 22.5 Å². The minimum Gasteiger partial charge on any atom is -0.359 e. The van der Waals surface area contributed by atoms with Crippen LogP contribution in [0, 0.1) is 11.3 Å². The maximum absolute atomic E-state index is 5.01. The van der Waals surface area contributed by atoms with Gasteiger partial charge in [-0.15, -0.1) is 0 Å². The molecule has 0 aromatic rings. The van der Waals surface area contributed by atoms with Crippen molar-refractivity contribution in [2.45, 2.75) is 77.3 Å². The molecule has 1 spiro atoms. The molecular formula is C16H28N2S. The summed E-state index contributed by atoms with van der Waals surface area (Å²) in [5.41, 5.74) is 0.903. The highest BCUT2D eigenvalue weighted by molar-refractivity contribution is 8.14. The van der Waals surface area contributed by atoms with Crippen molar-refractivity contribution in [2.24, 2.45) is 16.3 Å². The number of amidine groups is 1. The molecule has 0 aromatic heterocycles. The lowest BCUT2D eigenvalue weighted by molar-refractivity contribution is 0.250. The highest BCUT2D eigenvalue weighted by atomic mass is 32.2. The van der Waals surface area contributed by atoms with E-state index in [2.05, 4.69) is 26.1 Å². The molecule has 0 radical (unpaired) electrons. The van der Waals surface area contributed by atoms with Gasteiger partial charge < -0.3 is 5.32 Å². The van der Waals surface area contributed by atoms with Crippen LogP contribution in [0.1, 0.15) is 65.7 Å². The molecule has 1 saturated heterocycles. The van der Waals surface area contributed by atoms with Gasteiger partial charge in [-0.3, -0.25) is 4.99 Å². The van der Waals surface area contributed by atoms with Gasteiger partial charge >= 0.3 is 0 Å². The Bertz CT molecular complexity index is 367. The molecule has 3 heteroatoms. The number of nitrogens with one attached hydrogen (secondary N) is 1. The van der Waals surface area contributed by atoms with E-state index in [9.17, 15) is 0 Å². The molecule has 2 nitrogen and oxygen atoms in total. The number of rotatable bonds is 1. The minimum atomic E-state index is 0.393. The van der Waals surface area contributed by atoms with Crippen molar-refractivity contribution in [3.05, 3.63) is 0 Å². The monoisotopic (exact) mass is 280 g/mol. The molecule has 3 rings (SSSR count). The molecule has 2 aliphatic carbocycles. The molecule has 19 heavy (non-hydrogen) atoms. The van der Waals surface area contributed by atoms with Crippen LogP contribution in [-0.2, 0) is 0 Å². The zero-order chi connectivity index (χ0) is 13.5. The van der Waals surface area contributed by atoms with Crippen molar-refractivity contribution in [3.8, 4) is 0 Å². The van der Waals surface area contributed by atoms with Gasteiger partial charge in [0, 0.05) is 11.3 Å². The van der Waals surface area contributed by atoms with Crippen molar-refractivity contribution >= 4 is 16.9 Å². The number of hydrogen-bond donors (Lipinski definition) is 1. The molecule has 1 N–H and O–H groups in total. The molecule has 1 heterocycles. The van der Waals surface area contributed by atoms with E-state index in [1.807, 2.05) is 11.8 Å². The van der Waals surface area contributed by atoms with Gasteiger partial charge in [-0.2, -0.15) is 0 Å². The van der Waals surface area contributed by atoms with Crippen LogP contribution in [0.2, 0.25) is 0 Å². The van der Waals surface area contributed by atoms with E-state index in [1.54, 1.807) is 0 Å². The van der Waals surface area contributed by atoms with Gasteiger partial charge in [-0.1, -0.05) is 32.5 Å². The molecule has 1 aliphatic heterocycles. The average molecular weight is 280 g/mol. The first-order valence-electron chi connectivity index (χ1n) is 7.95. The number of nitrogens with zero attached hydrogens (tertiary/aromatic N) is 1. The van der Waals surface area contributed by atoms with Gasteiger partial charge in [0.25, 0.3) is 0 Å². The molecule has 2 saturated carbocycles. The quantitative estimate of drug-likeness (QED) is 0.778. The first-order valence-corrected chi connectivity index (χ1v) is 8.94. The van der Waals surface area contributed by atoms with Gasteiger partial charge in [0.05, 0.1) is 6.04 Å². The number of hydrogen-bond acceptors (Lipinski definition) is 2. The molecule has 0 bridgehead atoms. The highest BCUT2D eigenvalue weighted by Crippen LogP contribution is 2.41. The van der Waals surface area contributed by atoms with Crippen LogP contribution in [0.15, 0.2) is 4.99 Å². The summed E-state index contributed by atoms with van der Waals surface area (Å²) in [6, 6.07) is 0.572. The lowest BCUT2D eigenvalue weighted by Gasteiger charge is -2.35. The third-order valence-corrected chi connectivity index (χ3v) is 6.51. The SMILES string of the molecule is CC1CCC2(CC1)CSC(=NC1CCC(C)(C)C1)N2. The van der Waals surface area contributed by atoms with Crippen LogP contribution in [0.5, 0.6) is 0 Å². The van der Waals surface area contributed by atoms with Gasteiger partial charge in [-0.05, 0) is 56.3 Å². The predicted octanol–water partition coefficient (Wildman–Crippen LogP) is 4.21. The third kappa shape index (κ3) is 3.12. The summed E-state index contributed by atoms with van der Waals surface area (Å²) >= 11 is 1.97. The van der Waals surface area contributed by atoms with Gasteiger partial charge in [-0.25, -0.2) is 0 Å². The maximum atomic E-state index is 5.01. The Hall–Kier alpha value is -0.180. The first-order chi connectivity index (χ1) is 8.96. The summed E-state index contributed by atoms with van der Waals surface area (Å²) in [5.74, 6) is 2.17. The largest absolute Gasteiger partial charge is 0.359 e. The third-order valence-electron chi connectivity index (χ3n) is 5.33. The van der Waals surface area contributed by atoms with Gasteiger partial charge in [0.15, 0.2) is 5.17 Å².